The lowest BCUT2D eigenvalue weighted by atomic mass is 10.00. The molecule has 1 saturated heterocycles. The molecule has 1 aromatic rings. The molecule has 0 saturated carbocycles. The summed E-state index contributed by atoms with van der Waals surface area (Å²) in [5, 5.41) is 6.09. The smallest absolute Gasteiger partial charge is 0.273 e. The third-order valence-electron chi connectivity index (χ3n) is 2.88. The number of aryl methyl sites for hydroxylation is 1. The molecular weight excluding hydrogens is 222 g/mol. The number of hydrogen-bond acceptors (Lipinski definition) is 4. The van der Waals surface area contributed by atoms with E-state index in [9.17, 15) is 4.79 Å². The summed E-state index contributed by atoms with van der Waals surface area (Å²) in [4.78, 5) is 18.4. The molecular formula is C11H17N3OS. The summed E-state index contributed by atoms with van der Waals surface area (Å²) in [6.07, 6.45) is 0. The fourth-order valence-electron chi connectivity index (χ4n) is 1.96. The highest BCUT2D eigenvalue weighted by molar-refractivity contribution is 7.09. The van der Waals surface area contributed by atoms with Crippen molar-refractivity contribution in [3.8, 4) is 0 Å². The number of nitrogens with zero attached hydrogens (tertiary/aromatic N) is 2. The third kappa shape index (κ3) is 2.10. The fourth-order valence-corrected chi connectivity index (χ4v) is 2.55. The van der Waals surface area contributed by atoms with Crippen molar-refractivity contribution in [3.63, 3.8) is 0 Å². The van der Waals surface area contributed by atoms with Gasteiger partial charge < -0.3 is 10.2 Å². The molecule has 0 atom stereocenters. The average Bonchev–Trinajstić information content (AvgIpc) is 2.63. The molecule has 0 aliphatic carbocycles. The van der Waals surface area contributed by atoms with Crippen molar-refractivity contribution < 1.29 is 4.79 Å². The topological polar surface area (TPSA) is 45.2 Å². The molecule has 88 valence electrons. The van der Waals surface area contributed by atoms with E-state index in [0.717, 1.165) is 24.6 Å². The van der Waals surface area contributed by atoms with E-state index in [-0.39, 0.29) is 11.4 Å². The van der Waals surface area contributed by atoms with Crippen LogP contribution in [0.3, 0.4) is 0 Å². The van der Waals surface area contributed by atoms with E-state index < -0.39 is 0 Å². The number of hydrogen-bond donors (Lipinski definition) is 1. The number of amides is 1. The van der Waals surface area contributed by atoms with Crippen LogP contribution < -0.4 is 5.32 Å². The van der Waals surface area contributed by atoms with Crippen molar-refractivity contribution in [2.24, 2.45) is 0 Å². The molecule has 1 N–H and O–H groups in total. The van der Waals surface area contributed by atoms with E-state index in [1.807, 2.05) is 17.2 Å². The first kappa shape index (κ1) is 11.5. The summed E-state index contributed by atoms with van der Waals surface area (Å²) in [5.74, 6) is 0.0517. The Kier molecular flexibility index (Phi) is 2.99. The van der Waals surface area contributed by atoms with Gasteiger partial charge in [0.15, 0.2) is 0 Å². The minimum atomic E-state index is -0.132. The van der Waals surface area contributed by atoms with Gasteiger partial charge in [0.05, 0.1) is 10.5 Å². The second-order valence-corrected chi connectivity index (χ2v) is 5.76. The standard InChI is InChI=1S/C11H17N3OS/c1-8-13-9(6-16-8)10(15)14-5-4-12-7-11(14,2)3/h6,12H,4-5,7H2,1-3H3. The Morgan fingerprint density at radius 1 is 1.62 bits per heavy atom. The van der Waals surface area contributed by atoms with E-state index in [1.165, 1.54) is 11.3 Å². The molecule has 0 bridgehead atoms. The van der Waals surface area contributed by atoms with Gasteiger partial charge in [-0.2, -0.15) is 0 Å². The Labute approximate surface area is 99.7 Å². The van der Waals surface area contributed by atoms with Crippen molar-refractivity contribution in [2.45, 2.75) is 26.3 Å². The fraction of sp³-hybridized carbons (Fsp3) is 0.636. The van der Waals surface area contributed by atoms with Gasteiger partial charge in [0, 0.05) is 25.0 Å². The van der Waals surface area contributed by atoms with Gasteiger partial charge in [-0.3, -0.25) is 4.79 Å². The summed E-state index contributed by atoms with van der Waals surface area (Å²) in [6, 6.07) is 0. The van der Waals surface area contributed by atoms with Gasteiger partial charge in [-0.05, 0) is 20.8 Å². The zero-order chi connectivity index (χ0) is 11.8. The summed E-state index contributed by atoms with van der Waals surface area (Å²) in [6.45, 7) is 8.53. The van der Waals surface area contributed by atoms with Crippen LogP contribution in [0.2, 0.25) is 0 Å². The van der Waals surface area contributed by atoms with Crippen LogP contribution in [0.1, 0.15) is 29.3 Å². The predicted molar refractivity (Wildman–Crippen MR) is 64.8 cm³/mol. The van der Waals surface area contributed by atoms with Gasteiger partial charge in [0.1, 0.15) is 5.69 Å². The first-order valence-electron chi connectivity index (χ1n) is 5.45. The molecule has 1 fully saturated rings. The lowest BCUT2D eigenvalue weighted by Gasteiger charge is -2.42. The SMILES string of the molecule is Cc1nc(C(=O)N2CCNCC2(C)C)cs1. The Morgan fingerprint density at radius 3 is 2.94 bits per heavy atom. The van der Waals surface area contributed by atoms with Gasteiger partial charge in [0.2, 0.25) is 0 Å². The van der Waals surface area contributed by atoms with Crippen molar-refractivity contribution in [3.05, 3.63) is 16.1 Å². The summed E-state index contributed by atoms with van der Waals surface area (Å²) < 4.78 is 0. The number of rotatable bonds is 1. The molecule has 2 heterocycles. The molecule has 1 aromatic heterocycles. The minimum absolute atomic E-state index is 0.0517. The maximum atomic E-state index is 12.3. The molecule has 1 amide bonds. The lowest BCUT2D eigenvalue weighted by Crippen LogP contribution is -2.59. The van der Waals surface area contributed by atoms with Crippen LogP contribution >= 0.6 is 11.3 Å². The first-order chi connectivity index (χ1) is 7.50. The molecule has 4 nitrogen and oxygen atoms in total. The maximum Gasteiger partial charge on any atom is 0.273 e. The maximum absolute atomic E-state index is 12.3. The largest absolute Gasteiger partial charge is 0.330 e. The molecule has 1 aliphatic rings. The summed E-state index contributed by atoms with van der Waals surface area (Å²) in [5.41, 5.74) is 0.449. The van der Waals surface area contributed by atoms with Crippen molar-refractivity contribution in [2.75, 3.05) is 19.6 Å². The molecule has 0 unspecified atom stereocenters. The number of carbonyl (C=O) groups excluding carboxylic acids is 1. The number of nitrogens with one attached hydrogen (secondary N) is 1. The normalized spacial score (nSPS) is 19.8. The zero-order valence-corrected chi connectivity index (χ0v) is 10.7. The number of thiazole rings is 1. The quantitative estimate of drug-likeness (QED) is 0.803. The van der Waals surface area contributed by atoms with Crippen LogP contribution in [0.4, 0.5) is 0 Å². The monoisotopic (exact) mass is 239 g/mol. The second kappa shape index (κ2) is 4.14. The van der Waals surface area contributed by atoms with Crippen LogP contribution in [0.25, 0.3) is 0 Å². The summed E-state index contributed by atoms with van der Waals surface area (Å²) in [7, 11) is 0. The van der Waals surface area contributed by atoms with Gasteiger partial charge in [0.25, 0.3) is 5.91 Å². The van der Waals surface area contributed by atoms with Crippen LogP contribution in [-0.2, 0) is 0 Å². The van der Waals surface area contributed by atoms with E-state index in [2.05, 4.69) is 24.1 Å². The number of carbonyl (C=O) groups is 1. The van der Waals surface area contributed by atoms with E-state index in [1.54, 1.807) is 0 Å². The first-order valence-corrected chi connectivity index (χ1v) is 6.33. The minimum Gasteiger partial charge on any atom is -0.330 e. The van der Waals surface area contributed by atoms with Gasteiger partial charge in [-0.1, -0.05) is 0 Å². The average molecular weight is 239 g/mol. The highest BCUT2D eigenvalue weighted by Gasteiger charge is 2.34. The Hall–Kier alpha value is -0.940. The molecule has 1 aliphatic heterocycles. The van der Waals surface area contributed by atoms with Gasteiger partial charge in [-0.25, -0.2) is 4.98 Å². The zero-order valence-electron chi connectivity index (χ0n) is 9.91. The highest BCUT2D eigenvalue weighted by Crippen LogP contribution is 2.20. The molecule has 5 heteroatoms. The van der Waals surface area contributed by atoms with Gasteiger partial charge in [-0.15, -0.1) is 11.3 Å². The molecule has 2 rings (SSSR count). The Bertz CT molecular complexity index is 400. The third-order valence-corrected chi connectivity index (χ3v) is 3.66. The van der Waals surface area contributed by atoms with Crippen LogP contribution in [0.15, 0.2) is 5.38 Å². The molecule has 0 aromatic carbocycles. The van der Waals surface area contributed by atoms with E-state index in [4.69, 9.17) is 0 Å². The van der Waals surface area contributed by atoms with Crippen molar-refractivity contribution >= 4 is 17.2 Å². The van der Waals surface area contributed by atoms with E-state index >= 15 is 0 Å². The van der Waals surface area contributed by atoms with Crippen molar-refractivity contribution in [1.29, 1.82) is 0 Å². The molecule has 0 spiro atoms. The van der Waals surface area contributed by atoms with Crippen molar-refractivity contribution in [1.82, 2.24) is 15.2 Å². The predicted octanol–water partition coefficient (Wildman–Crippen LogP) is 1.28. The second-order valence-electron chi connectivity index (χ2n) is 4.70. The van der Waals surface area contributed by atoms with Gasteiger partial charge >= 0.3 is 0 Å². The Balaban J connectivity index is 2.20. The highest BCUT2D eigenvalue weighted by atomic mass is 32.1. The molecule has 16 heavy (non-hydrogen) atoms. The summed E-state index contributed by atoms with van der Waals surface area (Å²) >= 11 is 1.52. The van der Waals surface area contributed by atoms with Crippen LogP contribution in [0, 0.1) is 6.92 Å². The number of aromatic nitrogens is 1. The number of piperazine rings is 1. The Morgan fingerprint density at radius 2 is 2.38 bits per heavy atom. The van der Waals surface area contributed by atoms with Crippen LogP contribution in [-0.4, -0.2) is 41.0 Å². The van der Waals surface area contributed by atoms with Crippen LogP contribution in [0.5, 0.6) is 0 Å². The molecule has 0 radical (unpaired) electrons. The lowest BCUT2D eigenvalue weighted by molar-refractivity contribution is 0.0472. The van der Waals surface area contributed by atoms with E-state index in [0.29, 0.717) is 5.69 Å².